The van der Waals surface area contributed by atoms with Crippen LogP contribution in [0.4, 0.5) is 0 Å². The predicted molar refractivity (Wildman–Crippen MR) is 42.0 cm³/mol. The molecule has 2 saturated carbocycles. The molecule has 0 spiro atoms. The van der Waals surface area contributed by atoms with Crippen molar-refractivity contribution in [2.45, 2.75) is 19.3 Å². The van der Waals surface area contributed by atoms with Crippen LogP contribution in [0.25, 0.3) is 0 Å². The van der Waals surface area contributed by atoms with Gasteiger partial charge >= 0.3 is 0 Å². The Kier molecular flexibility index (Phi) is 0.961. The van der Waals surface area contributed by atoms with Gasteiger partial charge in [0.1, 0.15) is 5.78 Å². The van der Waals surface area contributed by atoms with Crippen molar-refractivity contribution in [2.24, 2.45) is 23.7 Å². The van der Waals surface area contributed by atoms with Crippen LogP contribution in [0, 0.1) is 23.7 Å². The first kappa shape index (κ1) is 5.99. The lowest BCUT2D eigenvalue weighted by Gasteiger charge is -2.17. The summed E-state index contributed by atoms with van der Waals surface area (Å²) in [5.41, 5.74) is 0. The number of allylic oxidation sites excluding steroid dienone is 2. The molecule has 0 unspecified atom stereocenters. The van der Waals surface area contributed by atoms with E-state index in [2.05, 4.69) is 12.2 Å². The standard InChI is InChI=1S/C10H12O/c11-9-4-3-8-6-1-2-7(5-6)10(8)9/h1-2,6-8,10H,3-5H2/t6-,7-,8+,10-/m0/s1. The number of hydrogen-bond acceptors (Lipinski definition) is 1. The molecule has 0 N–H and O–H groups in total. The van der Waals surface area contributed by atoms with Crippen LogP contribution in [0.2, 0.25) is 0 Å². The molecule has 0 aromatic heterocycles. The lowest BCUT2D eigenvalue weighted by molar-refractivity contribution is -0.121. The van der Waals surface area contributed by atoms with E-state index in [0.29, 0.717) is 17.6 Å². The van der Waals surface area contributed by atoms with Gasteiger partial charge in [0.2, 0.25) is 0 Å². The van der Waals surface area contributed by atoms with Gasteiger partial charge < -0.3 is 0 Å². The van der Waals surface area contributed by atoms with Gasteiger partial charge in [0.25, 0.3) is 0 Å². The highest BCUT2D eigenvalue weighted by Gasteiger charge is 2.50. The van der Waals surface area contributed by atoms with Crippen molar-refractivity contribution in [2.75, 3.05) is 0 Å². The second-order valence-electron chi connectivity index (χ2n) is 4.14. The van der Waals surface area contributed by atoms with Gasteiger partial charge in [-0.3, -0.25) is 4.79 Å². The summed E-state index contributed by atoms with van der Waals surface area (Å²) in [4.78, 5) is 11.4. The lowest BCUT2D eigenvalue weighted by atomic mass is 9.86. The Morgan fingerprint density at radius 1 is 1.27 bits per heavy atom. The molecule has 11 heavy (non-hydrogen) atoms. The third-order valence-electron chi connectivity index (χ3n) is 3.72. The van der Waals surface area contributed by atoms with E-state index in [9.17, 15) is 4.79 Å². The molecule has 2 bridgehead atoms. The smallest absolute Gasteiger partial charge is 0.136 e. The predicted octanol–water partition coefficient (Wildman–Crippen LogP) is 1.79. The molecule has 2 fully saturated rings. The van der Waals surface area contributed by atoms with Crippen LogP contribution in [-0.2, 0) is 4.79 Å². The highest BCUT2D eigenvalue weighted by atomic mass is 16.1. The molecule has 0 aromatic rings. The van der Waals surface area contributed by atoms with Crippen molar-refractivity contribution >= 4 is 5.78 Å². The largest absolute Gasteiger partial charge is 0.299 e. The van der Waals surface area contributed by atoms with Crippen molar-refractivity contribution in [1.82, 2.24) is 0 Å². The van der Waals surface area contributed by atoms with Gasteiger partial charge in [-0.1, -0.05) is 12.2 Å². The molecule has 1 nitrogen and oxygen atoms in total. The van der Waals surface area contributed by atoms with Crippen molar-refractivity contribution in [3.05, 3.63) is 12.2 Å². The first-order valence-corrected chi connectivity index (χ1v) is 4.57. The van der Waals surface area contributed by atoms with Crippen LogP contribution >= 0.6 is 0 Å². The van der Waals surface area contributed by atoms with Crippen LogP contribution in [0.1, 0.15) is 19.3 Å². The fourth-order valence-corrected chi connectivity index (χ4v) is 3.27. The minimum absolute atomic E-state index is 0.449. The van der Waals surface area contributed by atoms with Crippen LogP contribution in [0.3, 0.4) is 0 Å². The van der Waals surface area contributed by atoms with Gasteiger partial charge in [-0.2, -0.15) is 0 Å². The second-order valence-corrected chi connectivity index (χ2v) is 4.14. The summed E-state index contributed by atoms with van der Waals surface area (Å²) in [6.45, 7) is 0. The summed E-state index contributed by atoms with van der Waals surface area (Å²) in [5, 5.41) is 0. The Balaban J connectivity index is 2.03. The summed E-state index contributed by atoms with van der Waals surface area (Å²) in [7, 11) is 0. The number of rotatable bonds is 0. The number of Topliss-reactive ketones (excluding diaryl/α,β-unsaturated/α-hetero) is 1. The van der Waals surface area contributed by atoms with Crippen molar-refractivity contribution in [1.29, 1.82) is 0 Å². The van der Waals surface area contributed by atoms with Crippen molar-refractivity contribution < 1.29 is 4.79 Å². The zero-order chi connectivity index (χ0) is 7.42. The molecule has 0 heterocycles. The molecule has 58 valence electrons. The zero-order valence-electron chi connectivity index (χ0n) is 6.49. The number of carbonyl (C=O) groups excluding carboxylic acids is 1. The Bertz CT molecular complexity index is 241. The van der Waals surface area contributed by atoms with E-state index in [-0.39, 0.29) is 0 Å². The maximum absolute atomic E-state index is 11.4. The van der Waals surface area contributed by atoms with Gasteiger partial charge in [0.15, 0.2) is 0 Å². The molecular weight excluding hydrogens is 136 g/mol. The van der Waals surface area contributed by atoms with E-state index in [1.165, 1.54) is 12.8 Å². The molecule has 0 radical (unpaired) electrons. The van der Waals surface area contributed by atoms with Gasteiger partial charge in [0, 0.05) is 12.3 Å². The summed E-state index contributed by atoms with van der Waals surface area (Å²) >= 11 is 0. The normalized spacial score (nSPS) is 52.2. The van der Waals surface area contributed by atoms with Crippen LogP contribution in [0.5, 0.6) is 0 Å². The summed E-state index contributed by atoms with van der Waals surface area (Å²) in [5.74, 6) is 3.16. The molecule has 0 aromatic carbocycles. The SMILES string of the molecule is O=C1CC[C@H]2[C@@H]1[C@H]1C=C[C@H]2C1. The lowest BCUT2D eigenvalue weighted by Crippen LogP contribution is -2.18. The second kappa shape index (κ2) is 1.77. The third kappa shape index (κ3) is 0.597. The fraction of sp³-hybridized carbons (Fsp3) is 0.700. The topological polar surface area (TPSA) is 17.1 Å². The average Bonchev–Trinajstić information content (AvgIpc) is 2.60. The highest BCUT2D eigenvalue weighted by Crippen LogP contribution is 2.53. The third-order valence-corrected chi connectivity index (χ3v) is 3.72. The number of hydrogen-bond donors (Lipinski definition) is 0. The van der Waals surface area contributed by atoms with E-state index < -0.39 is 0 Å². The number of ketones is 1. The first-order chi connectivity index (χ1) is 5.36. The molecule has 0 aliphatic heterocycles. The van der Waals surface area contributed by atoms with E-state index in [1.807, 2.05) is 0 Å². The van der Waals surface area contributed by atoms with Gasteiger partial charge in [-0.15, -0.1) is 0 Å². The van der Waals surface area contributed by atoms with Crippen LogP contribution in [0.15, 0.2) is 12.2 Å². The van der Waals surface area contributed by atoms with E-state index in [4.69, 9.17) is 0 Å². The van der Waals surface area contributed by atoms with Gasteiger partial charge in [0.05, 0.1) is 0 Å². The Morgan fingerprint density at radius 3 is 2.91 bits per heavy atom. The summed E-state index contributed by atoms with van der Waals surface area (Å²) in [6, 6.07) is 0. The Labute approximate surface area is 66.5 Å². The van der Waals surface area contributed by atoms with Gasteiger partial charge in [-0.25, -0.2) is 0 Å². The Morgan fingerprint density at radius 2 is 2.09 bits per heavy atom. The summed E-state index contributed by atoms with van der Waals surface area (Å²) in [6.07, 6.45) is 7.93. The molecule has 3 rings (SSSR count). The molecule has 3 aliphatic rings. The van der Waals surface area contributed by atoms with Crippen molar-refractivity contribution in [3.8, 4) is 0 Å². The van der Waals surface area contributed by atoms with Crippen LogP contribution < -0.4 is 0 Å². The maximum atomic E-state index is 11.4. The molecular formula is C10H12O. The van der Waals surface area contributed by atoms with Crippen molar-refractivity contribution in [3.63, 3.8) is 0 Å². The van der Waals surface area contributed by atoms with E-state index in [1.54, 1.807) is 0 Å². The number of fused-ring (bicyclic) bond motifs is 5. The molecule has 4 atom stereocenters. The minimum Gasteiger partial charge on any atom is -0.299 e. The fourth-order valence-electron chi connectivity index (χ4n) is 3.27. The summed E-state index contributed by atoms with van der Waals surface area (Å²) < 4.78 is 0. The molecule has 0 saturated heterocycles. The monoisotopic (exact) mass is 148 g/mol. The van der Waals surface area contributed by atoms with E-state index in [0.717, 1.165) is 18.3 Å². The molecule has 1 heteroatoms. The average molecular weight is 148 g/mol. The minimum atomic E-state index is 0.449. The highest BCUT2D eigenvalue weighted by molar-refractivity contribution is 5.84. The van der Waals surface area contributed by atoms with Gasteiger partial charge in [-0.05, 0) is 30.6 Å². The number of carbonyl (C=O) groups is 1. The maximum Gasteiger partial charge on any atom is 0.136 e. The molecule has 0 amide bonds. The quantitative estimate of drug-likeness (QED) is 0.479. The molecule has 3 aliphatic carbocycles. The Hall–Kier alpha value is -0.590. The van der Waals surface area contributed by atoms with E-state index >= 15 is 0 Å². The van der Waals surface area contributed by atoms with Crippen LogP contribution in [-0.4, -0.2) is 5.78 Å². The zero-order valence-corrected chi connectivity index (χ0v) is 6.49. The first-order valence-electron chi connectivity index (χ1n) is 4.57.